The molecular formula is C20H21N3O5S. The summed E-state index contributed by atoms with van der Waals surface area (Å²) in [5.74, 6) is 1.73. The van der Waals surface area contributed by atoms with Crippen LogP contribution in [0.4, 0.5) is 0 Å². The zero-order valence-electron chi connectivity index (χ0n) is 16.1. The fourth-order valence-corrected chi connectivity index (χ4v) is 4.70. The first-order valence-electron chi connectivity index (χ1n) is 9.15. The maximum absolute atomic E-state index is 13.1. The molecule has 1 saturated carbocycles. The van der Waals surface area contributed by atoms with E-state index < -0.39 is 10.0 Å². The van der Waals surface area contributed by atoms with Gasteiger partial charge >= 0.3 is 0 Å². The van der Waals surface area contributed by atoms with Crippen molar-refractivity contribution in [2.45, 2.75) is 30.3 Å². The zero-order chi connectivity index (χ0) is 20.4. The Morgan fingerprint density at radius 3 is 2.52 bits per heavy atom. The highest BCUT2D eigenvalue weighted by Gasteiger charge is 2.39. The number of sulfonamides is 1. The van der Waals surface area contributed by atoms with Crippen LogP contribution < -0.4 is 9.47 Å². The molecule has 8 nitrogen and oxygen atoms in total. The Morgan fingerprint density at radius 2 is 1.86 bits per heavy atom. The van der Waals surface area contributed by atoms with E-state index in [0.717, 1.165) is 12.8 Å². The van der Waals surface area contributed by atoms with Crippen LogP contribution >= 0.6 is 0 Å². The molecule has 4 rings (SSSR count). The molecule has 1 aliphatic rings. The van der Waals surface area contributed by atoms with Crippen molar-refractivity contribution in [1.82, 2.24) is 14.4 Å². The van der Waals surface area contributed by atoms with Crippen molar-refractivity contribution in [3.8, 4) is 22.9 Å². The van der Waals surface area contributed by atoms with Crippen LogP contribution in [0.5, 0.6) is 11.5 Å². The highest BCUT2D eigenvalue weighted by molar-refractivity contribution is 7.89. The molecular weight excluding hydrogens is 394 g/mol. The third kappa shape index (κ3) is 3.96. The van der Waals surface area contributed by atoms with Gasteiger partial charge < -0.3 is 14.0 Å². The molecule has 1 aromatic heterocycles. The lowest BCUT2D eigenvalue weighted by Crippen LogP contribution is -2.32. The number of nitrogens with zero attached hydrogens (tertiary/aromatic N) is 3. The molecule has 1 heterocycles. The van der Waals surface area contributed by atoms with Crippen molar-refractivity contribution in [3.05, 3.63) is 54.4 Å². The van der Waals surface area contributed by atoms with Gasteiger partial charge in [-0.2, -0.15) is 9.29 Å². The SMILES string of the molecule is COc1ccc(-c2noc(CN(C3CC3)S(=O)(=O)c3ccccc3)n2)c(OC)c1. The average Bonchev–Trinajstić information content (AvgIpc) is 3.49. The summed E-state index contributed by atoms with van der Waals surface area (Å²) in [7, 11) is -0.537. The fraction of sp³-hybridized carbons (Fsp3) is 0.300. The number of benzene rings is 2. The first-order chi connectivity index (χ1) is 14.0. The lowest BCUT2D eigenvalue weighted by atomic mass is 10.2. The number of ether oxygens (including phenoxy) is 2. The number of methoxy groups -OCH3 is 2. The Kier molecular flexibility index (Phi) is 5.25. The van der Waals surface area contributed by atoms with Crippen LogP contribution in [0.25, 0.3) is 11.4 Å². The summed E-state index contributed by atoms with van der Waals surface area (Å²) in [5, 5.41) is 4.01. The molecule has 3 aromatic rings. The molecule has 0 bridgehead atoms. The van der Waals surface area contributed by atoms with Gasteiger partial charge in [-0.15, -0.1) is 0 Å². The molecule has 1 fully saturated rings. The largest absolute Gasteiger partial charge is 0.497 e. The first kappa shape index (κ1) is 19.4. The van der Waals surface area contributed by atoms with E-state index in [4.69, 9.17) is 14.0 Å². The standard InChI is InChI=1S/C20H21N3O5S/c1-26-15-10-11-17(18(12-15)27-2)20-21-19(28-22-20)13-23(14-8-9-14)29(24,25)16-6-4-3-5-7-16/h3-7,10-12,14H,8-9,13H2,1-2H3. The molecule has 0 amide bonds. The molecule has 1 aliphatic carbocycles. The summed E-state index contributed by atoms with van der Waals surface area (Å²) < 4.78 is 43.5. The van der Waals surface area contributed by atoms with Crippen molar-refractivity contribution in [2.75, 3.05) is 14.2 Å². The van der Waals surface area contributed by atoms with Gasteiger partial charge in [0.05, 0.1) is 31.2 Å². The Balaban J connectivity index is 1.61. The van der Waals surface area contributed by atoms with Gasteiger partial charge in [0, 0.05) is 12.1 Å². The van der Waals surface area contributed by atoms with E-state index in [9.17, 15) is 8.42 Å². The number of hydrogen-bond acceptors (Lipinski definition) is 7. The van der Waals surface area contributed by atoms with E-state index >= 15 is 0 Å². The zero-order valence-corrected chi connectivity index (χ0v) is 16.9. The van der Waals surface area contributed by atoms with Gasteiger partial charge in [0.15, 0.2) is 0 Å². The summed E-state index contributed by atoms with van der Waals surface area (Å²) in [6.07, 6.45) is 1.64. The van der Waals surface area contributed by atoms with Gasteiger partial charge in [-0.3, -0.25) is 0 Å². The molecule has 0 atom stereocenters. The summed E-state index contributed by atoms with van der Waals surface area (Å²) in [6, 6.07) is 13.6. The minimum absolute atomic E-state index is 0.0212. The predicted molar refractivity (Wildman–Crippen MR) is 105 cm³/mol. The molecule has 29 heavy (non-hydrogen) atoms. The molecule has 9 heteroatoms. The number of aromatic nitrogens is 2. The number of rotatable bonds is 8. The van der Waals surface area contributed by atoms with Crippen molar-refractivity contribution >= 4 is 10.0 Å². The molecule has 0 aliphatic heterocycles. The maximum atomic E-state index is 13.1. The van der Waals surface area contributed by atoms with Crippen LogP contribution in [0.1, 0.15) is 18.7 Å². The van der Waals surface area contributed by atoms with Crippen molar-refractivity contribution in [3.63, 3.8) is 0 Å². The average molecular weight is 415 g/mol. The van der Waals surface area contributed by atoms with E-state index in [2.05, 4.69) is 10.1 Å². The van der Waals surface area contributed by atoms with Crippen LogP contribution in [0.15, 0.2) is 57.9 Å². The lowest BCUT2D eigenvalue weighted by molar-refractivity contribution is 0.311. The fourth-order valence-electron chi connectivity index (χ4n) is 3.05. The quantitative estimate of drug-likeness (QED) is 0.558. The van der Waals surface area contributed by atoms with E-state index in [0.29, 0.717) is 22.9 Å². The third-order valence-electron chi connectivity index (χ3n) is 4.71. The maximum Gasteiger partial charge on any atom is 0.243 e. The molecule has 0 unspecified atom stereocenters. The summed E-state index contributed by atoms with van der Waals surface area (Å²) >= 11 is 0. The smallest absolute Gasteiger partial charge is 0.243 e. The van der Waals surface area contributed by atoms with Gasteiger partial charge in [0.2, 0.25) is 21.7 Å². The van der Waals surface area contributed by atoms with Gasteiger partial charge in [0.1, 0.15) is 11.5 Å². The van der Waals surface area contributed by atoms with Gasteiger partial charge in [-0.05, 0) is 37.1 Å². The van der Waals surface area contributed by atoms with Gasteiger partial charge in [-0.25, -0.2) is 8.42 Å². The molecule has 2 aromatic carbocycles. The second-order valence-corrected chi connectivity index (χ2v) is 8.56. The number of hydrogen-bond donors (Lipinski definition) is 0. The van der Waals surface area contributed by atoms with E-state index in [-0.39, 0.29) is 23.4 Å². The summed E-state index contributed by atoms with van der Waals surface area (Å²) in [5.41, 5.74) is 0.632. The second-order valence-electron chi connectivity index (χ2n) is 6.67. The van der Waals surface area contributed by atoms with Crippen molar-refractivity contribution in [1.29, 1.82) is 0 Å². The highest BCUT2D eigenvalue weighted by Crippen LogP contribution is 2.35. The van der Waals surface area contributed by atoms with Crippen molar-refractivity contribution in [2.24, 2.45) is 0 Å². The van der Waals surface area contributed by atoms with Crippen LogP contribution in [0.2, 0.25) is 0 Å². The van der Waals surface area contributed by atoms with Gasteiger partial charge in [0.25, 0.3) is 0 Å². The Labute approximate surface area is 169 Å². The van der Waals surface area contributed by atoms with E-state index in [1.165, 1.54) is 4.31 Å². The van der Waals surface area contributed by atoms with Crippen LogP contribution in [-0.2, 0) is 16.6 Å². The lowest BCUT2D eigenvalue weighted by Gasteiger charge is -2.20. The Bertz CT molecular complexity index is 1090. The molecule has 0 spiro atoms. The predicted octanol–water partition coefficient (Wildman–Crippen LogP) is 3.11. The Morgan fingerprint density at radius 1 is 1.10 bits per heavy atom. The van der Waals surface area contributed by atoms with Crippen LogP contribution in [-0.4, -0.2) is 43.1 Å². The minimum Gasteiger partial charge on any atom is -0.497 e. The summed E-state index contributed by atoms with van der Waals surface area (Å²) in [6.45, 7) is 0.0212. The monoisotopic (exact) mass is 415 g/mol. The minimum atomic E-state index is -3.65. The molecule has 0 radical (unpaired) electrons. The van der Waals surface area contributed by atoms with E-state index in [1.54, 1.807) is 62.8 Å². The molecule has 0 N–H and O–H groups in total. The first-order valence-corrected chi connectivity index (χ1v) is 10.6. The van der Waals surface area contributed by atoms with E-state index in [1.807, 2.05) is 0 Å². The summed E-state index contributed by atoms with van der Waals surface area (Å²) in [4.78, 5) is 4.65. The highest BCUT2D eigenvalue weighted by atomic mass is 32.2. The van der Waals surface area contributed by atoms with Crippen LogP contribution in [0, 0.1) is 0 Å². The normalized spacial score (nSPS) is 14.2. The van der Waals surface area contributed by atoms with Gasteiger partial charge in [-0.1, -0.05) is 23.4 Å². The Hall–Kier alpha value is -2.91. The second kappa shape index (κ2) is 7.84. The molecule has 0 saturated heterocycles. The van der Waals surface area contributed by atoms with Crippen molar-refractivity contribution < 1.29 is 22.4 Å². The third-order valence-corrected chi connectivity index (χ3v) is 6.63. The topological polar surface area (TPSA) is 94.8 Å². The van der Waals surface area contributed by atoms with Crippen LogP contribution in [0.3, 0.4) is 0 Å². The molecule has 152 valence electrons.